The maximum Gasteiger partial charge on any atom is 0.278 e. The van der Waals surface area contributed by atoms with E-state index in [4.69, 9.17) is 9.47 Å². The number of benzene rings is 2. The van der Waals surface area contributed by atoms with E-state index >= 15 is 0 Å². The average molecular weight is 450 g/mol. The molecule has 2 aromatic carbocycles. The lowest BCUT2D eigenvalue weighted by Crippen LogP contribution is -2.35. The molecule has 2 aromatic rings. The number of carbonyl (C=O) groups excluding carboxylic acids is 2. The van der Waals surface area contributed by atoms with Gasteiger partial charge in [0.1, 0.15) is 11.4 Å². The van der Waals surface area contributed by atoms with Gasteiger partial charge in [-0.15, -0.1) is 0 Å². The van der Waals surface area contributed by atoms with Gasteiger partial charge in [0.25, 0.3) is 11.8 Å². The Morgan fingerprint density at radius 1 is 0.939 bits per heavy atom. The van der Waals surface area contributed by atoms with Crippen molar-refractivity contribution in [3.8, 4) is 5.75 Å². The Morgan fingerprint density at radius 3 is 2.21 bits per heavy atom. The van der Waals surface area contributed by atoms with Crippen molar-refractivity contribution < 1.29 is 19.1 Å². The van der Waals surface area contributed by atoms with Crippen LogP contribution < -0.4 is 15.0 Å². The Balaban J connectivity index is 1.63. The van der Waals surface area contributed by atoms with Crippen LogP contribution in [0.3, 0.4) is 0 Å². The van der Waals surface area contributed by atoms with Crippen molar-refractivity contribution >= 4 is 28.8 Å². The third-order valence-electron chi connectivity index (χ3n) is 5.81. The quantitative estimate of drug-likeness (QED) is 0.586. The molecule has 0 saturated carbocycles. The minimum atomic E-state index is -0.349. The second-order valence-corrected chi connectivity index (χ2v) is 8.56. The minimum Gasteiger partial charge on any atom is -0.491 e. The van der Waals surface area contributed by atoms with Gasteiger partial charge in [0, 0.05) is 31.6 Å². The highest BCUT2D eigenvalue weighted by Crippen LogP contribution is 2.32. The van der Waals surface area contributed by atoms with Gasteiger partial charge in [-0.3, -0.25) is 14.5 Å². The third kappa shape index (κ3) is 5.03. The van der Waals surface area contributed by atoms with Gasteiger partial charge in [-0.1, -0.05) is 12.1 Å². The van der Waals surface area contributed by atoms with E-state index < -0.39 is 0 Å². The summed E-state index contributed by atoms with van der Waals surface area (Å²) in [6.07, 6.45) is 2.48. The third-order valence-corrected chi connectivity index (χ3v) is 5.81. The molecule has 174 valence electrons. The number of methoxy groups -OCH3 is 1. The van der Waals surface area contributed by atoms with E-state index in [1.165, 1.54) is 23.4 Å². The summed E-state index contributed by atoms with van der Waals surface area (Å²) >= 11 is 0. The van der Waals surface area contributed by atoms with E-state index in [2.05, 4.69) is 22.3 Å². The summed E-state index contributed by atoms with van der Waals surface area (Å²) in [5.41, 5.74) is 3.24. The monoisotopic (exact) mass is 449 g/mol. The van der Waals surface area contributed by atoms with Gasteiger partial charge in [0.2, 0.25) is 0 Å². The van der Waals surface area contributed by atoms with Crippen LogP contribution in [0.1, 0.15) is 32.3 Å². The summed E-state index contributed by atoms with van der Waals surface area (Å²) in [7, 11) is 1.55. The smallest absolute Gasteiger partial charge is 0.278 e. The van der Waals surface area contributed by atoms with Crippen LogP contribution in [0.4, 0.5) is 11.4 Å². The molecule has 1 N–H and O–H groups in total. The summed E-state index contributed by atoms with van der Waals surface area (Å²) in [4.78, 5) is 30.0. The molecule has 0 bridgehead atoms. The van der Waals surface area contributed by atoms with E-state index in [0.717, 1.165) is 24.5 Å². The summed E-state index contributed by atoms with van der Waals surface area (Å²) in [5, 5.41) is 3.22. The molecule has 33 heavy (non-hydrogen) atoms. The zero-order valence-corrected chi connectivity index (χ0v) is 19.5. The first-order valence-electron chi connectivity index (χ1n) is 11.5. The number of rotatable bonds is 9. The van der Waals surface area contributed by atoms with E-state index in [1.54, 1.807) is 7.11 Å². The largest absolute Gasteiger partial charge is 0.491 e. The first-order chi connectivity index (χ1) is 16.0. The molecule has 1 saturated heterocycles. The SMILES string of the molecule is COCCN1C(=O)C(Nc2ccc(N3CCCC3)cc2)=C(c2ccc(OC(C)C)cc2)C1=O. The van der Waals surface area contributed by atoms with Crippen LogP contribution in [0.5, 0.6) is 5.75 Å². The van der Waals surface area contributed by atoms with Gasteiger partial charge in [-0.25, -0.2) is 0 Å². The maximum atomic E-state index is 13.2. The molecule has 2 aliphatic rings. The second-order valence-electron chi connectivity index (χ2n) is 8.56. The highest BCUT2D eigenvalue weighted by atomic mass is 16.5. The predicted octanol–water partition coefficient (Wildman–Crippen LogP) is 3.91. The van der Waals surface area contributed by atoms with E-state index in [-0.39, 0.29) is 36.8 Å². The van der Waals surface area contributed by atoms with Gasteiger partial charge in [0.05, 0.1) is 24.8 Å². The summed E-state index contributed by atoms with van der Waals surface area (Å²) in [6, 6.07) is 15.3. The lowest BCUT2D eigenvalue weighted by Gasteiger charge is -2.18. The molecule has 0 radical (unpaired) electrons. The van der Waals surface area contributed by atoms with E-state index in [9.17, 15) is 9.59 Å². The maximum absolute atomic E-state index is 13.2. The Kier molecular flexibility index (Phi) is 6.99. The van der Waals surface area contributed by atoms with Crippen LogP contribution in [-0.4, -0.2) is 56.2 Å². The van der Waals surface area contributed by atoms with Crippen LogP contribution in [0, 0.1) is 0 Å². The highest BCUT2D eigenvalue weighted by molar-refractivity contribution is 6.36. The normalized spacial score (nSPS) is 16.4. The summed E-state index contributed by atoms with van der Waals surface area (Å²) in [6.45, 7) is 6.54. The molecule has 0 spiro atoms. The number of hydrogen-bond donors (Lipinski definition) is 1. The van der Waals surface area contributed by atoms with Crippen LogP contribution in [0.2, 0.25) is 0 Å². The van der Waals surface area contributed by atoms with Crippen molar-refractivity contribution in [2.45, 2.75) is 32.8 Å². The number of carbonyl (C=O) groups is 2. The number of amides is 2. The Labute approximate surface area is 195 Å². The zero-order valence-electron chi connectivity index (χ0n) is 19.5. The van der Waals surface area contributed by atoms with Gasteiger partial charge in [-0.05, 0) is 68.7 Å². The molecule has 4 rings (SSSR count). The molecule has 0 atom stereocenters. The van der Waals surface area contributed by atoms with Gasteiger partial charge < -0.3 is 19.7 Å². The zero-order chi connectivity index (χ0) is 23.4. The molecule has 0 aliphatic carbocycles. The Hall–Kier alpha value is -3.32. The molecule has 0 unspecified atom stereocenters. The van der Waals surface area contributed by atoms with Crippen LogP contribution in [0.15, 0.2) is 54.2 Å². The first-order valence-corrected chi connectivity index (χ1v) is 11.5. The molecule has 7 nitrogen and oxygen atoms in total. The summed E-state index contributed by atoms with van der Waals surface area (Å²) < 4.78 is 10.8. The van der Waals surface area contributed by atoms with E-state index in [0.29, 0.717) is 11.1 Å². The fraction of sp³-hybridized carbons (Fsp3) is 0.385. The Morgan fingerprint density at radius 2 is 1.61 bits per heavy atom. The molecular weight excluding hydrogens is 418 g/mol. The fourth-order valence-electron chi connectivity index (χ4n) is 4.19. The van der Waals surface area contributed by atoms with Crippen LogP contribution in [-0.2, 0) is 14.3 Å². The molecule has 0 aromatic heterocycles. The van der Waals surface area contributed by atoms with Crippen LogP contribution >= 0.6 is 0 Å². The standard InChI is InChI=1S/C26H31N3O4/c1-18(2)33-22-12-6-19(7-13-22)23-24(26(31)29(25(23)30)16-17-32-3)27-20-8-10-21(11-9-20)28-14-4-5-15-28/h6-13,18,27H,4-5,14-17H2,1-3H3. The molecular formula is C26H31N3O4. The highest BCUT2D eigenvalue weighted by Gasteiger charge is 2.39. The van der Waals surface area contributed by atoms with Gasteiger partial charge >= 0.3 is 0 Å². The summed E-state index contributed by atoms with van der Waals surface area (Å²) in [5.74, 6) is 0.0401. The molecule has 1 fully saturated rings. The van der Waals surface area contributed by atoms with Crippen molar-refractivity contribution in [1.29, 1.82) is 0 Å². The number of nitrogens with one attached hydrogen (secondary N) is 1. The average Bonchev–Trinajstić information content (AvgIpc) is 3.41. The topological polar surface area (TPSA) is 71.1 Å². The van der Waals surface area contributed by atoms with Crippen molar-refractivity contribution in [2.75, 3.05) is 43.6 Å². The van der Waals surface area contributed by atoms with Crippen molar-refractivity contribution in [3.05, 3.63) is 59.8 Å². The lowest BCUT2D eigenvalue weighted by molar-refractivity contribution is -0.137. The van der Waals surface area contributed by atoms with Crippen molar-refractivity contribution in [3.63, 3.8) is 0 Å². The Bertz CT molecular complexity index is 1020. The molecule has 2 heterocycles. The number of ether oxygens (including phenoxy) is 2. The number of nitrogens with zero attached hydrogens (tertiary/aromatic N) is 2. The number of anilines is 2. The minimum absolute atomic E-state index is 0.0510. The molecule has 2 amide bonds. The fourth-order valence-corrected chi connectivity index (χ4v) is 4.19. The number of hydrogen-bond acceptors (Lipinski definition) is 6. The van der Waals surface area contributed by atoms with Crippen LogP contribution in [0.25, 0.3) is 5.57 Å². The first kappa shape index (κ1) is 22.9. The molecule has 7 heteroatoms. The van der Waals surface area contributed by atoms with Gasteiger partial charge in [0.15, 0.2) is 0 Å². The van der Waals surface area contributed by atoms with Crippen molar-refractivity contribution in [2.24, 2.45) is 0 Å². The number of imide groups is 1. The second kappa shape index (κ2) is 10.1. The lowest BCUT2D eigenvalue weighted by atomic mass is 10.0. The predicted molar refractivity (Wildman–Crippen MR) is 129 cm³/mol. The van der Waals surface area contributed by atoms with Crippen molar-refractivity contribution in [1.82, 2.24) is 4.90 Å². The van der Waals surface area contributed by atoms with E-state index in [1.807, 2.05) is 50.2 Å². The molecule has 2 aliphatic heterocycles. The van der Waals surface area contributed by atoms with Gasteiger partial charge in [-0.2, -0.15) is 0 Å².